The lowest BCUT2D eigenvalue weighted by molar-refractivity contribution is -0.261. The Hall–Kier alpha value is -1.16. The van der Waals surface area contributed by atoms with Gasteiger partial charge in [0.15, 0.2) is 11.2 Å². The molecule has 2 bridgehead atoms. The highest BCUT2D eigenvalue weighted by Crippen LogP contribution is 2.60. The Kier molecular flexibility index (Phi) is 2.94. The summed E-state index contributed by atoms with van der Waals surface area (Å²) >= 11 is 0. The van der Waals surface area contributed by atoms with Gasteiger partial charge in [-0.15, -0.1) is 0 Å². The number of fused-ring (bicyclic) bond motifs is 2. The van der Waals surface area contributed by atoms with Crippen LogP contribution in [0.4, 0.5) is 0 Å². The number of rotatable bonds is 0. The SMILES string of the molecule is CC1=C[C@H](C)[C@@H](C)OC12C(C)C1OC(=O)C2(C)C(=O)C1C. The Labute approximate surface area is 125 Å². The molecule has 5 unspecified atom stereocenters. The first-order chi connectivity index (χ1) is 9.67. The fraction of sp³-hybridized carbons (Fsp3) is 0.765. The first-order valence-corrected chi connectivity index (χ1v) is 7.80. The summed E-state index contributed by atoms with van der Waals surface area (Å²) in [6, 6.07) is 0. The molecule has 7 atom stereocenters. The number of hydrogen-bond donors (Lipinski definition) is 0. The van der Waals surface area contributed by atoms with Crippen LogP contribution < -0.4 is 0 Å². The van der Waals surface area contributed by atoms with E-state index >= 15 is 0 Å². The minimum Gasteiger partial charge on any atom is -0.460 e. The second-order valence-corrected chi connectivity index (χ2v) is 7.20. The quantitative estimate of drug-likeness (QED) is 0.391. The van der Waals surface area contributed by atoms with Crippen molar-refractivity contribution in [1.82, 2.24) is 0 Å². The van der Waals surface area contributed by atoms with Gasteiger partial charge in [0, 0.05) is 11.8 Å². The van der Waals surface area contributed by atoms with Crippen LogP contribution in [-0.2, 0) is 19.1 Å². The zero-order valence-corrected chi connectivity index (χ0v) is 13.6. The second kappa shape index (κ2) is 4.19. The summed E-state index contributed by atoms with van der Waals surface area (Å²) in [7, 11) is 0. The summed E-state index contributed by atoms with van der Waals surface area (Å²) < 4.78 is 11.9. The van der Waals surface area contributed by atoms with E-state index in [0.717, 1.165) is 5.57 Å². The Bertz CT molecular complexity index is 551. The number of esters is 1. The number of carbonyl (C=O) groups is 2. The van der Waals surface area contributed by atoms with Crippen LogP contribution in [0, 0.1) is 23.2 Å². The van der Waals surface area contributed by atoms with Crippen LogP contribution >= 0.6 is 0 Å². The van der Waals surface area contributed by atoms with E-state index in [4.69, 9.17) is 9.47 Å². The molecule has 4 heteroatoms. The summed E-state index contributed by atoms with van der Waals surface area (Å²) in [6.07, 6.45) is 1.74. The smallest absolute Gasteiger partial charge is 0.323 e. The van der Waals surface area contributed by atoms with E-state index in [2.05, 4.69) is 13.0 Å². The molecule has 2 saturated heterocycles. The molecule has 4 aliphatic rings. The average molecular weight is 292 g/mol. The van der Waals surface area contributed by atoms with Crippen molar-refractivity contribution in [3.05, 3.63) is 11.6 Å². The largest absolute Gasteiger partial charge is 0.460 e. The van der Waals surface area contributed by atoms with E-state index in [9.17, 15) is 9.59 Å². The third-order valence-electron chi connectivity index (χ3n) is 6.14. The van der Waals surface area contributed by atoms with E-state index in [1.54, 1.807) is 6.92 Å². The van der Waals surface area contributed by atoms with Crippen molar-refractivity contribution in [3.8, 4) is 0 Å². The standard InChI is InChI=1S/C17H24O4/c1-8-7-9(2)17(21-12(8)5)11(4)13-10(3)14(18)16(17,6)15(19)20-13/h7-8,10-13H,1-6H3/t8-,10?,11?,12+,13?,16?,17?/m0/s1. The molecule has 1 saturated carbocycles. The van der Waals surface area contributed by atoms with Crippen molar-refractivity contribution < 1.29 is 19.1 Å². The first kappa shape index (κ1) is 14.8. The molecule has 1 aliphatic carbocycles. The third kappa shape index (κ3) is 1.44. The third-order valence-corrected chi connectivity index (χ3v) is 6.14. The molecular formula is C17H24O4. The maximum absolute atomic E-state index is 12.9. The van der Waals surface area contributed by atoms with Crippen molar-refractivity contribution in [1.29, 1.82) is 0 Å². The van der Waals surface area contributed by atoms with Crippen molar-refractivity contribution in [2.24, 2.45) is 23.2 Å². The maximum Gasteiger partial charge on any atom is 0.323 e. The summed E-state index contributed by atoms with van der Waals surface area (Å²) in [6.45, 7) is 11.7. The average Bonchev–Trinajstić information content (AvgIpc) is 2.42. The molecule has 3 fully saturated rings. The number of carbonyl (C=O) groups excluding carboxylic acids is 2. The molecule has 0 N–H and O–H groups in total. The van der Waals surface area contributed by atoms with Crippen molar-refractivity contribution in [2.75, 3.05) is 0 Å². The zero-order valence-electron chi connectivity index (χ0n) is 13.6. The van der Waals surface area contributed by atoms with Gasteiger partial charge < -0.3 is 9.47 Å². The van der Waals surface area contributed by atoms with Crippen LogP contribution in [0.3, 0.4) is 0 Å². The second-order valence-electron chi connectivity index (χ2n) is 7.20. The highest BCUT2D eigenvalue weighted by molar-refractivity contribution is 6.09. The van der Waals surface area contributed by atoms with E-state index in [1.807, 2.05) is 27.7 Å². The Morgan fingerprint density at radius 1 is 1.14 bits per heavy atom. The van der Waals surface area contributed by atoms with E-state index in [1.165, 1.54) is 0 Å². The van der Waals surface area contributed by atoms with E-state index in [0.29, 0.717) is 0 Å². The topological polar surface area (TPSA) is 52.6 Å². The molecule has 0 radical (unpaired) electrons. The van der Waals surface area contributed by atoms with Gasteiger partial charge in [-0.3, -0.25) is 9.59 Å². The molecule has 0 amide bonds. The molecule has 4 nitrogen and oxygen atoms in total. The van der Waals surface area contributed by atoms with Gasteiger partial charge >= 0.3 is 5.97 Å². The normalized spacial score (nSPS) is 52.9. The lowest BCUT2D eigenvalue weighted by Gasteiger charge is -2.62. The van der Waals surface area contributed by atoms with Gasteiger partial charge in [0.25, 0.3) is 0 Å². The summed E-state index contributed by atoms with van der Waals surface area (Å²) in [5.74, 6) is -0.492. The number of ether oxygens (including phenoxy) is 2. The molecule has 4 rings (SSSR count). The predicted octanol–water partition coefficient (Wildman–Crippen LogP) is 2.51. The number of hydrogen-bond acceptors (Lipinski definition) is 4. The van der Waals surface area contributed by atoms with Crippen LogP contribution in [0.15, 0.2) is 11.6 Å². The van der Waals surface area contributed by atoms with Gasteiger partial charge in [-0.2, -0.15) is 0 Å². The van der Waals surface area contributed by atoms with Crippen LogP contribution in [0.1, 0.15) is 41.5 Å². The van der Waals surface area contributed by atoms with E-state index < -0.39 is 23.1 Å². The number of ketones is 1. The minimum absolute atomic E-state index is 0.0248. The van der Waals surface area contributed by atoms with Gasteiger partial charge in [-0.1, -0.05) is 26.8 Å². The highest BCUT2D eigenvalue weighted by Gasteiger charge is 2.74. The molecule has 0 aromatic carbocycles. The van der Waals surface area contributed by atoms with Crippen molar-refractivity contribution in [2.45, 2.75) is 59.4 Å². The Balaban J connectivity index is 2.25. The van der Waals surface area contributed by atoms with Crippen molar-refractivity contribution in [3.63, 3.8) is 0 Å². The summed E-state index contributed by atoms with van der Waals surface area (Å²) in [4.78, 5) is 25.4. The van der Waals surface area contributed by atoms with Gasteiger partial charge in [0.2, 0.25) is 0 Å². The molecular weight excluding hydrogens is 268 g/mol. The molecule has 1 spiro atoms. The lowest BCUT2D eigenvalue weighted by Crippen LogP contribution is -2.76. The number of Topliss-reactive ketones (excluding diaryl/α,β-unsaturated/α-hetero) is 1. The van der Waals surface area contributed by atoms with Crippen LogP contribution in [0.25, 0.3) is 0 Å². The van der Waals surface area contributed by atoms with Crippen molar-refractivity contribution >= 4 is 11.8 Å². The van der Waals surface area contributed by atoms with Gasteiger partial charge in [0.1, 0.15) is 11.7 Å². The Morgan fingerprint density at radius 2 is 1.76 bits per heavy atom. The van der Waals surface area contributed by atoms with Crippen LogP contribution in [0.5, 0.6) is 0 Å². The lowest BCUT2D eigenvalue weighted by atomic mass is 9.50. The molecule has 3 aliphatic heterocycles. The van der Waals surface area contributed by atoms with Gasteiger partial charge in [-0.25, -0.2) is 0 Å². The fourth-order valence-electron chi connectivity index (χ4n) is 4.73. The van der Waals surface area contributed by atoms with Gasteiger partial charge in [0.05, 0.1) is 12.0 Å². The maximum atomic E-state index is 12.9. The fourth-order valence-corrected chi connectivity index (χ4v) is 4.73. The first-order valence-electron chi connectivity index (χ1n) is 7.80. The molecule has 21 heavy (non-hydrogen) atoms. The predicted molar refractivity (Wildman–Crippen MR) is 77.5 cm³/mol. The van der Waals surface area contributed by atoms with Gasteiger partial charge in [-0.05, 0) is 26.3 Å². The molecule has 0 aromatic rings. The molecule has 116 valence electrons. The summed E-state index contributed by atoms with van der Waals surface area (Å²) in [5, 5.41) is 0. The zero-order chi connectivity index (χ0) is 15.7. The Morgan fingerprint density at radius 3 is 2.38 bits per heavy atom. The molecule has 0 aromatic heterocycles. The monoisotopic (exact) mass is 292 g/mol. The summed E-state index contributed by atoms with van der Waals surface area (Å²) in [5.41, 5.74) is -1.11. The van der Waals surface area contributed by atoms with Crippen LogP contribution in [-0.4, -0.2) is 29.6 Å². The van der Waals surface area contributed by atoms with Crippen LogP contribution in [0.2, 0.25) is 0 Å². The minimum atomic E-state index is -1.24. The highest BCUT2D eigenvalue weighted by atomic mass is 16.6. The molecule has 3 heterocycles. The van der Waals surface area contributed by atoms with E-state index in [-0.39, 0.29) is 29.6 Å².